The highest BCUT2D eigenvalue weighted by Gasteiger charge is 2.31. The lowest BCUT2D eigenvalue weighted by Gasteiger charge is -2.31. The van der Waals surface area contributed by atoms with Gasteiger partial charge >= 0.3 is 0 Å². The first-order chi connectivity index (χ1) is 9.59. The van der Waals surface area contributed by atoms with Gasteiger partial charge in [0.15, 0.2) is 0 Å². The molecule has 0 atom stereocenters. The molecule has 1 aromatic rings. The van der Waals surface area contributed by atoms with Gasteiger partial charge in [-0.05, 0) is 25.8 Å². The van der Waals surface area contributed by atoms with E-state index >= 15 is 0 Å². The summed E-state index contributed by atoms with van der Waals surface area (Å²) in [7, 11) is -3.57. The maximum absolute atomic E-state index is 12.6. The summed E-state index contributed by atoms with van der Waals surface area (Å²) in [6.45, 7) is 3.50. The second-order valence-electron chi connectivity index (χ2n) is 4.57. The van der Waals surface area contributed by atoms with E-state index in [9.17, 15) is 8.42 Å². The van der Waals surface area contributed by atoms with Gasteiger partial charge in [-0.1, -0.05) is 0 Å². The molecule has 0 amide bonds. The first-order valence-corrected chi connectivity index (χ1v) is 8.06. The van der Waals surface area contributed by atoms with Crippen LogP contribution in [0.3, 0.4) is 0 Å². The lowest BCUT2D eigenvalue weighted by atomic mass is 10.1. The number of rotatable bonds is 5. The molecule has 1 saturated heterocycles. The Hall–Kier alpha value is -1.22. The van der Waals surface area contributed by atoms with Crippen LogP contribution in [0.25, 0.3) is 0 Å². The average Bonchev–Trinajstić information content (AvgIpc) is 2.48. The number of hydrogen-bond acceptors (Lipinski definition) is 6. The summed E-state index contributed by atoms with van der Waals surface area (Å²) in [6.07, 6.45) is 4.37. The molecule has 1 aliphatic rings. The zero-order valence-corrected chi connectivity index (χ0v) is 12.3. The van der Waals surface area contributed by atoms with Crippen LogP contribution in [0.15, 0.2) is 23.4 Å². The Morgan fingerprint density at radius 3 is 2.80 bits per heavy atom. The molecule has 2 rings (SSSR count). The van der Waals surface area contributed by atoms with E-state index in [-0.39, 0.29) is 11.0 Å². The number of nitrogen functional groups attached to an aromatic ring is 1. The van der Waals surface area contributed by atoms with E-state index in [1.165, 1.54) is 16.7 Å². The minimum absolute atomic E-state index is 0.109. The van der Waals surface area contributed by atoms with Crippen LogP contribution in [-0.4, -0.2) is 43.5 Å². The van der Waals surface area contributed by atoms with Crippen molar-refractivity contribution in [2.75, 3.05) is 25.1 Å². The van der Waals surface area contributed by atoms with Gasteiger partial charge in [-0.25, -0.2) is 8.42 Å². The third kappa shape index (κ3) is 3.09. The van der Waals surface area contributed by atoms with Crippen molar-refractivity contribution in [2.45, 2.75) is 30.8 Å². The lowest BCUT2D eigenvalue weighted by Crippen LogP contribution is -2.41. The largest absolute Gasteiger partial charge is 0.378 e. The number of sulfonamides is 1. The molecule has 0 radical (unpaired) electrons. The van der Waals surface area contributed by atoms with E-state index in [2.05, 4.69) is 10.4 Å². The molecule has 1 fully saturated rings. The number of hydrazine groups is 1. The van der Waals surface area contributed by atoms with Crippen LogP contribution >= 0.6 is 0 Å². The molecule has 3 N–H and O–H groups in total. The quantitative estimate of drug-likeness (QED) is 0.609. The standard InChI is InChI=1S/C12H20N4O3S/c1-2-19-10-4-7-16(8-5-10)20(17,18)12-9-14-6-3-11(12)15-13/h3,6,9-10H,2,4-5,7-8,13H2,1H3,(H,14,15). The Morgan fingerprint density at radius 1 is 1.50 bits per heavy atom. The molecule has 20 heavy (non-hydrogen) atoms. The van der Waals surface area contributed by atoms with E-state index in [1.807, 2.05) is 6.92 Å². The fourth-order valence-corrected chi connectivity index (χ4v) is 3.89. The van der Waals surface area contributed by atoms with Gasteiger partial charge in [-0.15, -0.1) is 0 Å². The van der Waals surface area contributed by atoms with Crippen molar-refractivity contribution in [2.24, 2.45) is 5.84 Å². The van der Waals surface area contributed by atoms with Crippen LogP contribution in [0.2, 0.25) is 0 Å². The molecule has 7 nitrogen and oxygen atoms in total. The highest BCUT2D eigenvalue weighted by Crippen LogP contribution is 2.26. The monoisotopic (exact) mass is 300 g/mol. The summed E-state index contributed by atoms with van der Waals surface area (Å²) in [5.74, 6) is 5.36. The molecule has 0 unspecified atom stereocenters. The van der Waals surface area contributed by atoms with Gasteiger partial charge in [0.2, 0.25) is 10.0 Å². The Morgan fingerprint density at radius 2 is 2.20 bits per heavy atom. The molecule has 0 saturated carbocycles. The number of nitrogens with one attached hydrogen (secondary N) is 1. The topological polar surface area (TPSA) is 97.5 Å². The molecule has 112 valence electrons. The van der Waals surface area contributed by atoms with Gasteiger partial charge in [0.05, 0.1) is 11.8 Å². The van der Waals surface area contributed by atoms with Gasteiger partial charge in [-0.2, -0.15) is 4.31 Å². The van der Waals surface area contributed by atoms with Gasteiger partial charge in [0, 0.05) is 32.1 Å². The summed E-state index contributed by atoms with van der Waals surface area (Å²) in [5.41, 5.74) is 2.75. The predicted octanol–water partition coefficient (Wildman–Crippen LogP) is 0.557. The van der Waals surface area contributed by atoms with Crippen molar-refractivity contribution in [1.82, 2.24) is 9.29 Å². The van der Waals surface area contributed by atoms with Crippen LogP contribution in [-0.2, 0) is 14.8 Å². The second kappa shape index (κ2) is 6.49. The van der Waals surface area contributed by atoms with Crippen LogP contribution in [0.4, 0.5) is 5.69 Å². The number of ether oxygens (including phenoxy) is 1. The smallest absolute Gasteiger partial charge is 0.246 e. The molecule has 0 aliphatic carbocycles. The minimum Gasteiger partial charge on any atom is -0.378 e. The zero-order valence-electron chi connectivity index (χ0n) is 11.4. The summed E-state index contributed by atoms with van der Waals surface area (Å²) < 4.78 is 32.1. The molecule has 0 aromatic carbocycles. The number of pyridine rings is 1. The Labute approximate surface area is 119 Å². The fourth-order valence-electron chi connectivity index (χ4n) is 2.32. The van der Waals surface area contributed by atoms with Crippen molar-refractivity contribution in [3.05, 3.63) is 18.5 Å². The average molecular weight is 300 g/mol. The predicted molar refractivity (Wildman–Crippen MR) is 75.5 cm³/mol. The van der Waals surface area contributed by atoms with Crippen molar-refractivity contribution in [3.63, 3.8) is 0 Å². The molecule has 1 aliphatic heterocycles. The van der Waals surface area contributed by atoms with Crippen LogP contribution in [0.5, 0.6) is 0 Å². The van der Waals surface area contributed by atoms with Gasteiger partial charge in [0.25, 0.3) is 0 Å². The SMILES string of the molecule is CCOC1CCN(S(=O)(=O)c2cnccc2NN)CC1. The maximum atomic E-state index is 12.6. The molecule has 8 heteroatoms. The summed E-state index contributed by atoms with van der Waals surface area (Å²) in [4.78, 5) is 3.98. The Bertz CT molecular complexity index is 541. The molecular formula is C12H20N4O3S. The number of nitrogens with zero attached hydrogens (tertiary/aromatic N) is 2. The van der Waals surface area contributed by atoms with E-state index < -0.39 is 10.0 Å². The molecule has 2 heterocycles. The first-order valence-electron chi connectivity index (χ1n) is 6.62. The van der Waals surface area contributed by atoms with Crippen molar-refractivity contribution in [1.29, 1.82) is 0 Å². The fraction of sp³-hybridized carbons (Fsp3) is 0.583. The number of aromatic nitrogens is 1. The van der Waals surface area contributed by atoms with Crippen LogP contribution < -0.4 is 11.3 Å². The number of nitrogens with two attached hydrogens (primary N) is 1. The normalized spacial score (nSPS) is 18.1. The van der Waals surface area contributed by atoms with E-state index in [1.54, 1.807) is 6.07 Å². The highest BCUT2D eigenvalue weighted by molar-refractivity contribution is 7.89. The van der Waals surface area contributed by atoms with E-state index in [4.69, 9.17) is 10.6 Å². The van der Waals surface area contributed by atoms with Gasteiger partial charge in [0.1, 0.15) is 4.90 Å². The molecule has 0 bridgehead atoms. The van der Waals surface area contributed by atoms with E-state index in [0.717, 1.165) is 0 Å². The van der Waals surface area contributed by atoms with Crippen molar-refractivity contribution in [3.8, 4) is 0 Å². The third-order valence-corrected chi connectivity index (χ3v) is 5.29. The van der Waals surface area contributed by atoms with Gasteiger partial charge in [-0.3, -0.25) is 10.8 Å². The summed E-state index contributed by atoms with van der Waals surface area (Å²) >= 11 is 0. The number of piperidine rings is 1. The molecule has 1 aromatic heterocycles. The van der Waals surface area contributed by atoms with Crippen LogP contribution in [0, 0.1) is 0 Å². The molecule has 0 spiro atoms. The highest BCUT2D eigenvalue weighted by atomic mass is 32.2. The minimum atomic E-state index is -3.57. The lowest BCUT2D eigenvalue weighted by molar-refractivity contribution is 0.0290. The van der Waals surface area contributed by atoms with E-state index in [0.29, 0.717) is 38.2 Å². The second-order valence-corrected chi connectivity index (χ2v) is 6.48. The Balaban J connectivity index is 2.16. The Kier molecular flexibility index (Phi) is 4.92. The summed E-state index contributed by atoms with van der Waals surface area (Å²) in [6, 6.07) is 1.54. The van der Waals surface area contributed by atoms with Crippen molar-refractivity contribution < 1.29 is 13.2 Å². The van der Waals surface area contributed by atoms with Gasteiger partial charge < -0.3 is 10.2 Å². The number of hydrogen-bond donors (Lipinski definition) is 2. The number of anilines is 1. The maximum Gasteiger partial charge on any atom is 0.246 e. The molecular weight excluding hydrogens is 280 g/mol. The first kappa shape index (κ1) is 15.2. The van der Waals surface area contributed by atoms with Crippen molar-refractivity contribution >= 4 is 15.7 Å². The summed E-state index contributed by atoms with van der Waals surface area (Å²) in [5, 5.41) is 0. The third-order valence-electron chi connectivity index (χ3n) is 3.36. The zero-order chi connectivity index (χ0) is 14.6. The van der Waals surface area contributed by atoms with Crippen LogP contribution in [0.1, 0.15) is 19.8 Å².